The Balaban J connectivity index is 0.000000861. The maximum absolute atomic E-state index is 11.6. The summed E-state index contributed by atoms with van der Waals surface area (Å²) in [7, 11) is 3.46. The maximum atomic E-state index is 11.6. The Morgan fingerprint density at radius 2 is 1.95 bits per heavy atom. The highest BCUT2D eigenvalue weighted by molar-refractivity contribution is 5.86. The number of hydrogen-bond donors (Lipinski definition) is 3. The third-order valence-corrected chi connectivity index (χ3v) is 3.01. The summed E-state index contributed by atoms with van der Waals surface area (Å²) < 4.78 is 0. The van der Waals surface area contributed by atoms with Crippen molar-refractivity contribution in [3.63, 3.8) is 0 Å². The fourth-order valence-electron chi connectivity index (χ4n) is 2.02. The van der Waals surface area contributed by atoms with Crippen LogP contribution < -0.4 is 10.6 Å². The molecule has 4 heteroatoms. The van der Waals surface area contributed by atoms with Crippen molar-refractivity contribution in [3.05, 3.63) is 36.0 Å². The van der Waals surface area contributed by atoms with E-state index in [1.165, 1.54) is 5.39 Å². The van der Waals surface area contributed by atoms with E-state index in [0.29, 0.717) is 6.42 Å². The Morgan fingerprint density at radius 3 is 2.58 bits per heavy atom. The van der Waals surface area contributed by atoms with Crippen LogP contribution in [0.3, 0.4) is 0 Å². The van der Waals surface area contributed by atoms with Crippen molar-refractivity contribution in [3.8, 4) is 0 Å². The van der Waals surface area contributed by atoms with Crippen molar-refractivity contribution in [2.45, 2.75) is 26.3 Å². The van der Waals surface area contributed by atoms with Crippen molar-refractivity contribution in [2.24, 2.45) is 0 Å². The number of hydrogen-bond acceptors (Lipinski definition) is 2. The first kappa shape index (κ1) is 15.2. The van der Waals surface area contributed by atoms with E-state index < -0.39 is 0 Å². The lowest BCUT2D eigenvalue weighted by Crippen LogP contribution is -2.42. The minimum Gasteiger partial charge on any atom is -0.361 e. The van der Waals surface area contributed by atoms with Gasteiger partial charge in [0.05, 0.1) is 6.04 Å². The molecule has 0 saturated heterocycles. The molecule has 3 N–H and O–H groups in total. The molecule has 19 heavy (non-hydrogen) atoms. The second-order valence-corrected chi connectivity index (χ2v) is 4.02. The number of benzene rings is 1. The summed E-state index contributed by atoms with van der Waals surface area (Å²) in [6.45, 7) is 4.00. The largest absolute Gasteiger partial charge is 0.361 e. The molecule has 0 aliphatic carbocycles. The van der Waals surface area contributed by atoms with Gasteiger partial charge in [0.25, 0.3) is 0 Å². The van der Waals surface area contributed by atoms with Gasteiger partial charge >= 0.3 is 0 Å². The van der Waals surface area contributed by atoms with Gasteiger partial charge in [0.15, 0.2) is 0 Å². The second kappa shape index (κ2) is 7.59. The number of amides is 1. The van der Waals surface area contributed by atoms with Crippen molar-refractivity contribution in [1.82, 2.24) is 15.6 Å². The van der Waals surface area contributed by atoms with Crippen LogP contribution in [-0.4, -0.2) is 31.0 Å². The van der Waals surface area contributed by atoms with E-state index in [0.717, 1.165) is 11.1 Å². The normalized spacial score (nSPS) is 11.6. The Hall–Kier alpha value is -1.81. The fourth-order valence-corrected chi connectivity index (χ4v) is 2.02. The van der Waals surface area contributed by atoms with Crippen LogP contribution in [0.25, 0.3) is 10.9 Å². The SMILES string of the molecule is CC.CNC(=O)C(Cc1c[nH]c2ccccc12)NC. The lowest BCUT2D eigenvalue weighted by molar-refractivity contribution is -0.122. The van der Waals surface area contributed by atoms with Crippen molar-refractivity contribution >= 4 is 16.8 Å². The van der Waals surface area contributed by atoms with Crippen LogP contribution in [0.4, 0.5) is 0 Å². The van der Waals surface area contributed by atoms with E-state index >= 15 is 0 Å². The van der Waals surface area contributed by atoms with Gasteiger partial charge in [0.1, 0.15) is 0 Å². The smallest absolute Gasteiger partial charge is 0.237 e. The molecule has 104 valence electrons. The minimum atomic E-state index is -0.195. The van der Waals surface area contributed by atoms with Crippen LogP contribution in [0.2, 0.25) is 0 Å². The van der Waals surface area contributed by atoms with Crippen molar-refractivity contribution in [1.29, 1.82) is 0 Å². The highest BCUT2D eigenvalue weighted by Crippen LogP contribution is 2.18. The lowest BCUT2D eigenvalue weighted by Gasteiger charge is -2.13. The van der Waals surface area contributed by atoms with Crippen LogP contribution in [0.5, 0.6) is 0 Å². The van der Waals surface area contributed by atoms with Crippen LogP contribution >= 0.6 is 0 Å². The zero-order valence-corrected chi connectivity index (χ0v) is 12.1. The standard InChI is InChI=1S/C13H17N3O.C2H6/c1-14-12(13(17)15-2)7-9-8-16-11-6-4-3-5-10(9)11;1-2/h3-6,8,12,14,16H,7H2,1-2H3,(H,15,17);1-2H3. The molecule has 0 fully saturated rings. The van der Waals surface area contributed by atoms with E-state index in [4.69, 9.17) is 0 Å². The summed E-state index contributed by atoms with van der Waals surface area (Å²) in [5, 5.41) is 6.87. The van der Waals surface area contributed by atoms with Gasteiger partial charge in [0, 0.05) is 24.1 Å². The summed E-state index contributed by atoms with van der Waals surface area (Å²) >= 11 is 0. The summed E-state index contributed by atoms with van der Waals surface area (Å²) in [5.41, 5.74) is 2.26. The topological polar surface area (TPSA) is 56.9 Å². The molecule has 0 bridgehead atoms. The first-order valence-corrected chi connectivity index (χ1v) is 6.70. The number of carbonyl (C=O) groups is 1. The molecule has 1 aromatic carbocycles. The number of aromatic amines is 1. The number of carbonyl (C=O) groups excluding carboxylic acids is 1. The molecular formula is C15H23N3O. The average Bonchev–Trinajstić information content (AvgIpc) is 2.89. The van der Waals surface area contributed by atoms with Crippen molar-refractivity contribution in [2.75, 3.05) is 14.1 Å². The van der Waals surface area contributed by atoms with Gasteiger partial charge in [-0.2, -0.15) is 0 Å². The predicted octanol–water partition coefficient (Wildman–Crippen LogP) is 2.07. The zero-order valence-electron chi connectivity index (χ0n) is 12.1. The highest BCUT2D eigenvalue weighted by Gasteiger charge is 2.16. The summed E-state index contributed by atoms with van der Waals surface area (Å²) in [6, 6.07) is 7.91. The third kappa shape index (κ3) is 3.58. The van der Waals surface area contributed by atoms with Gasteiger partial charge in [0.2, 0.25) is 5.91 Å². The number of H-pyrrole nitrogens is 1. The molecule has 0 spiro atoms. The van der Waals surface area contributed by atoms with Crippen molar-refractivity contribution < 1.29 is 4.79 Å². The van der Waals surface area contributed by atoms with E-state index in [1.807, 2.05) is 38.2 Å². The molecule has 1 aromatic heterocycles. The van der Waals surface area contributed by atoms with Crippen LogP contribution in [0.1, 0.15) is 19.4 Å². The minimum absolute atomic E-state index is 0.0118. The quantitative estimate of drug-likeness (QED) is 0.789. The Kier molecular flexibility index (Phi) is 6.09. The lowest BCUT2D eigenvalue weighted by atomic mass is 10.0. The van der Waals surface area contributed by atoms with Gasteiger partial charge < -0.3 is 15.6 Å². The number of rotatable bonds is 4. The third-order valence-electron chi connectivity index (χ3n) is 3.01. The number of likely N-dealkylation sites (N-methyl/N-ethyl adjacent to an activating group) is 2. The van der Waals surface area contributed by atoms with E-state index in [9.17, 15) is 4.79 Å². The number of fused-ring (bicyclic) bond motifs is 1. The van der Waals surface area contributed by atoms with E-state index in [-0.39, 0.29) is 11.9 Å². The molecule has 2 aromatic rings. The Labute approximate surface area is 114 Å². The first-order chi connectivity index (χ1) is 9.26. The summed E-state index contributed by atoms with van der Waals surface area (Å²) in [6.07, 6.45) is 2.65. The Bertz CT molecular complexity index is 519. The molecule has 0 radical (unpaired) electrons. The molecule has 1 atom stereocenters. The molecule has 0 aliphatic rings. The summed E-state index contributed by atoms with van der Waals surface area (Å²) in [5.74, 6) is 0.0118. The average molecular weight is 261 g/mol. The summed E-state index contributed by atoms with van der Waals surface area (Å²) in [4.78, 5) is 14.8. The predicted molar refractivity (Wildman–Crippen MR) is 80.3 cm³/mol. The van der Waals surface area contributed by atoms with Gasteiger partial charge in [-0.05, 0) is 25.1 Å². The van der Waals surface area contributed by atoms with Crippen LogP contribution in [0.15, 0.2) is 30.5 Å². The van der Waals surface area contributed by atoms with E-state index in [1.54, 1.807) is 14.1 Å². The van der Waals surface area contributed by atoms with E-state index in [2.05, 4.69) is 21.7 Å². The van der Waals surface area contributed by atoms with Gasteiger partial charge in [-0.25, -0.2) is 0 Å². The maximum Gasteiger partial charge on any atom is 0.237 e. The monoisotopic (exact) mass is 261 g/mol. The number of para-hydroxylation sites is 1. The molecule has 0 aliphatic heterocycles. The van der Waals surface area contributed by atoms with Crippen LogP contribution in [-0.2, 0) is 11.2 Å². The Morgan fingerprint density at radius 1 is 1.26 bits per heavy atom. The molecular weight excluding hydrogens is 238 g/mol. The first-order valence-electron chi connectivity index (χ1n) is 6.70. The molecule has 1 amide bonds. The van der Waals surface area contributed by atoms with Gasteiger partial charge in [-0.3, -0.25) is 4.79 Å². The number of aromatic nitrogens is 1. The van der Waals surface area contributed by atoms with Gasteiger partial charge in [-0.15, -0.1) is 0 Å². The molecule has 4 nitrogen and oxygen atoms in total. The number of nitrogens with one attached hydrogen (secondary N) is 3. The zero-order chi connectivity index (χ0) is 14.3. The fraction of sp³-hybridized carbons (Fsp3) is 0.400. The molecule has 1 heterocycles. The molecule has 2 rings (SSSR count). The molecule has 1 unspecified atom stereocenters. The second-order valence-electron chi connectivity index (χ2n) is 4.02. The highest BCUT2D eigenvalue weighted by atomic mass is 16.2. The molecule has 0 saturated carbocycles. The van der Waals surface area contributed by atoms with Crippen LogP contribution in [0, 0.1) is 0 Å². The van der Waals surface area contributed by atoms with Gasteiger partial charge in [-0.1, -0.05) is 32.0 Å².